The molecule has 0 saturated heterocycles. The molecule has 0 aliphatic rings. The molecule has 11 heavy (non-hydrogen) atoms. The molecule has 0 aromatic heterocycles. The van der Waals surface area contributed by atoms with Crippen molar-refractivity contribution in [3.63, 3.8) is 0 Å². The van der Waals surface area contributed by atoms with Gasteiger partial charge in [0.05, 0.1) is 0 Å². The topological polar surface area (TPSA) is 37.3 Å². The van der Waals surface area contributed by atoms with Crippen LogP contribution >= 0.6 is 0 Å². The van der Waals surface area contributed by atoms with E-state index in [1.54, 1.807) is 13.0 Å². The van der Waals surface area contributed by atoms with Gasteiger partial charge in [-0.25, -0.2) is 4.21 Å². The van der Waals surface area contributed by atoms with E-state index in [1.807, 2.05) is 0 Å². The predicted octanol–water partition coefficient (Wildman–Crippen LogP) is 1.82. The first kappa shape index (κ1) is 10.2. The molecule has 3 heteroatoms. The summed E-state index contributed by atoms with van der Waals surface area (Å²) in [7, 11) is -3.12. The van der Waals surface area contributed by atoms with E-state index in [0.717, 1.165) is 5.57 Å². The van der Waals surface area contributed by atoms with Crippen molar-refractivity contribution >= 4 is 15.7 Å². The molecule has 0 aliphatic carbocycles. The van der Waals surface area contributed by atoms with Crippen LogP contribution in [-0.2, 0) is 9.80 Å². The molecule has 1 atom stereocenters. The van der Waals surface area contributed by atoms with Gasteiger partial charge >= 0.3 is 0 Å². The second-order valence-corrected chi connectivity index (χ2v) is 4.09. The van der Waals surface area contributed by atoms with Crippen LogP contribution in [0.15, 0.2) is 35.8 Å². The molecule has 0 saturated carbocycles. The van der Waals surface area contributed by atoms with Gasteiger partial charge in [-0.15, -0.1) is 0 Å². The zero-order valence-corrected chi connectivity index (χ0v) is 7.36. The van der Waals surface area contributed by atoms with E-state index in [1.165, 1.54) is 6.08 Å². The van der Waals surface area contributed by atoms with E-state index >= 15 is 0 Å². The molecule has 0 radical (unpaired) electrons. The van der Waals surface area contributed by atoms with Crippen molar-refractivity contribution in [1.82, 2.24) is 0 Å². The van der Waals surface area contributed by atoms with Crippen LogP contribution in [0.2, 0.25) is 0 Å². The fourth-order valence-electron chi connectivity index (χ4n) is 0.342. The average Bonchev–Trinajstić information content (AvgIpc) is 1.80. The van der Waals surface area contributed by atoms with Gasteiger partial charge in [0.15, 0.2) is 0 Å². The Morgan fingerprint density at radius 3 is 2.18 bits per heavy atom. The van der Waals surface area contributed by atoms with E-state index in [0.29, 0.717) is 0 Å². The minimum Gasteiger partial charge on any atom is -0.310 e. The summed E-state index contributed by atoms with van der Waals surface area (Å²) in [4.78, 5) is 0.112. The highest BCUT2D eigenvalue weighted by molar-refractivity contribution is 7.98. The molecule has 0 aromatic rings. The molecule has 0 rings (SSSR count). The Hall–Kier alpha value is -0.800. The van der Waals surface area contributed by atoms with Gasteiger partial charge in [0, 0.05) is 4.91 Å². The lowest BCUT2D eigenvalue weighted by Gasteiger charge is -1.97. The van der Waals surface area contributed by atoms with Gasteiger partial charge in [-0.3, -0.25) is 0 Å². The van der Waals surface area contributed by atoms with Crippen molar-refractivity contribution in [2.75, 3.05) is 0 Å². The van der Waals surface area contributed by atoms with Crippen LogP contribution in [0.4, 0.5) is 0 Å². The second-order valence-electron chi connectivity index (χ2n) is 2.29. The van der Waals surface area contributed by atoms with Crippen molar-refractivity contribution in [3.8, 4) is 0 Å². The van der Waals surface area contributed by atoms with Crippen molar-refractivity contribution in [1.29, 1.82) is 0 Å². The number of hydrogen-bond donors (Lipinski definition) is 1. The summed E-state index contributed by atoms with van der Waals surface area (Å²) in [6.45, 7) is 8.75. The zero-order chi connectivity index (χ0) is 9.07. The Morgan fingerprint density at radius 2 is 1.91 bits per heavy atom. The summed E-state index contributed by atoms with van der Waals surface area (Å²) < 4.78 is 19.6. The molecule has 0 heterocycles. The molecule has 62 valence electrons. The van der Waals surface area contributed by atoms with Crippen molar-refractivity contribution in [3.05, 3.63) is 35.8 Å². The van der Waals surface area contributed by atoms with Crippen LogP contribution < -0.4 is 0 Å². The van der Waals surface area contributed by atoms with Crippen molar-refractivity contribution in [2.45, 2.75) is 6.92 Å². The summed E-state index contributed by atoms with van der Waals surface area (Å²) in [5, 5.41) is 0. The summed E-state index contributed by atoms with van der Waals surface area (Å²) in [5.41, 5.74) is 0.801. The molecule has 0 fully saturated rings. The fraction of sp³-hybridized carbons (Fsp3) is 0.125. The highest BCUT2D eigenvalue weighted by atomic mass is 32.2. The summed E-state index contributed by atoms with van der Waals surface area (Å²) in [5.74, 6) is 3.05. The van der Waals surface area contributed by atoms with Crippen LogP contribution in [0.1, 0.15) is 6.92 Å². The Bertz CT molecular complexity index is 294. The fourth-order valence-corrected chi connectivity index (χ4v) is 0.622. The maximum Gasteiger partial charge on any atom is 0.103 e. The van der Waals surface area contributed by atoms with Gasteiger partial charge in [-0.1, -0.05) is 24.8 Å². The molecule has 0 amide bonds. The molecule has 2 nitrogen and oxygen atoms in total. The van der Waals surface area contributed by atoms with E-state index in [2.05, 4.69) is 19.0 Å². The predicted molar refractivity (Wildman–Crippen MR) is 51.0 cm³/mol. The molecule has 1 N–H and O–H groups in total. The molecule has 1 unspecified atom stereocenters. The monoisotopic (exact) mass is 172 g/mol. The minimum absolute atomic E-state index is 0.112. The van der Waals surface area contributed by atoms with Gasteiger partial charge in [-0.05, 0) is 18.9 Å². The third-order valence-electron chi connectivity index (χ3n) is 0.963. The summed E-state index contributed by atoms with van der Waals surface area (Å²) in [6, 6.07) is 0. The van der Waals surface area contributed by atoms with Gasteiger partial charge < -0.3 is 4.55 Å². The lowest BCUT2D eigenvalue weighted by Crippen LogP contribution is -1.96. The molecular weight excluding hydrogens is 160 g/mol. The van der Waals surface area contributed by atoms with Crippen LogP contribution in [0.3, 0.4) is 0 Å². The third-order valence-corrected chi connectivity index (χ3v) is 1.92. The first-order valence-electron chi connectivity index (χ1n) is 2.96. The maximum atomic E-state index is 10.8. The van der Waals surface area contributed by atoms with Crippen molar-refractivity contribution < 1.29 is 8.76 Å². The standard InChI is InChI=1S/C8H12O2S/c1-7(2)5-6-8(3)11(4,9)10/h5-6H,1,3-4H2,2H3,(H,9,10)/b6-5-. The van der Waals surface area contributed by atoms with E-state index in [9.17, 15) is 4.21 Å². The second kappa shape index (κ2) is 3.55. The van der Waals surface area contributed by atoms with Gasteiger partial charge in [0.1, 0.15) is 9.80 Å². The van der Waals surface area contributed by atoms with E-state index < -0.39 is 9.80 Å². The summed E-state index contributed by atoms with van der Waals surface area (Å²) in [6.07, 6.45) is 3.06. The number of allylic oxidation sites excluding steroid dienone is 3. The molecule has 0 bridgehead atoms. The van der Waals surface area contributed by atoms with Crippen LogP contribution in [0, 0.1) is 0 Å². The largest absolute Gasteiger partial charge is 0.310 e. The lowest BCUT2D eigenvalue weighted by molar-refractivity contribution is 0.568. The number of rotatable bonds is 3. The third kappa shape index (κ3) is 4.58. The van der Waals surface area contributed by atoms with E-state index in [4.69, 9.17) is 4.55 Å². The Kier molecular flexibility index (Phi) is 3.29. The normalized spacial score (nSPS) is 16.2. The Labute approximate surface area is 67.8 Å². The zero-order valence-electron chi connectivity index (χ0n) is 6.54. The average molecular weight is 172 g/mol. The van der Waals surface area contributed by atoms with Crippen LogP contribution in [-0.4, -0.2) is 14.6 Å². The smallest absolute Gasteiger partial charge is 0.103 e. The Morgan fingerprint density at radius 1 is 1.45 bits per heavy atom. The first-order valence-corrected chi connectivity index (χ1v) is 4.64. The van der Waals surface area contributed by atoms with Gasteiger partial charge in [-0.2, -0.15) is 0 Å². The minimum atomic E-state index is -3.12. The molecule has 0 aliphatic heterocycles. The lowest BCUT2D eigenvalue weighted by atomic mass is 10.3. The van der Waals surface area contributed by atoms with Crippen molar-refractivity contribution in [2.24, 2.45) is 0 Å². The van der Waals surface area contributed by atoms with Gasteiger partial charge in [0.25, 0.3) is 0 Å². The first-order chi connectivity index (χ1) is 4.84. The highest BCUT2D eigenvalue weighted by Gasteiger charge is 1.97. The quantitative estimate of drug-likeness (QED) is 0.521. The van der Waals surface area contributed by atoms with Crippen LogP contribution in [0.5, 0.6) is 0 Å². The van der Waals surface area contributed by atoms with E-state index in [-0.39, 0.29) is 4.91 Å². The SMILES string of the molecule is C=C(C)/C=C\C(=C)S(=C)(=O)O. The molecule has 0 spiro atoms. The summed E-state index contributed by atoms with van der Waals surface area (Å²) >= 11 is 0. The highest BCUT2D eigenvalue weighted by Crippen LogP contribution is 2.03. The maximum absolute atomic E-state index is 10.8. The van der Waals surface area contributed by atoms with Gasteiger partial charge in [0.2, 0.25) is 0 Å². The Balaban J connectivity index is 4.46. The number of hydrogen-bond acceptors (Lipinski definition) is 1. The molecule has 0 aromatic carbocycles. The molecular formula is C8H12O2S. The van der Waals surface area contributed by atoms with Crippen LogP contribution in [0.25, 0.3) is 0 Å².